The molecule has 0 spiro atoms. The van der Waals surface area contributed by atoms with Crippen molar-refractivity contribution in [2.24, 2.45) is 0 Å². The van der Waals surface area contributed by atoms with Gasteiger partial charge in [-0.15, -0.1) is 11.3 Å². The van der Waals surface area contributed by atoms with Gasteiger partial charge in [0.15, 0.2) is 0 Å². The molecule has 12 heteroatoms. The van der Waals surface area contributed by atoms with Gasteiger partial charge in [0.2, 0.25) is 5.95 Å². The average Bonchev–Trinajstić information content (AvgIpc) is 3.15. The number of alkyl halides is 3. The van der Waals surface area contributed by atoms with Gasteiger partial charge in [0.1, 0.15) is 16.3 Å². The van der Waals surface area contributed by atoms with Crippen molar-refractivity contribution in [2.75, 3.05) is 16.5 Å². The molecule has 0 saturated heterocycles. The first-order valence-corrected chi connectivity index (χ1v) is 9.71. The molecule has 1 aliphatic carbocycles. The van der Waals surface area contributed by atoms with Crippen LogP contribution < -0.4 is 16.5 Å². The van der Waals surface area contributed by atoms with Gasteiger partial charge in [-0.05, 0) is 37.5 Å². The lowest BCUT2D eigenvalue weighted by Gasteiger charge is -2.34. The Morgan fingerprint density at radius 2 is 1.97 bits per heavy atom. The average molecular weight is 438 g/mol. The highest BCUT2D eigenvalue weighted by Gasteiger charge is 2.39. The van der Waals surface area contributed by atoms with Crippen LogP contribution in [0.2, 0.25) is 0 Å². The monoisotopic (exact) mass is 438 g/mol. The van der Waals surface area contributed by atoms with Crippen molar-refractivity contribution >= 4 is 34.3 Å². The molecule has 1 aromatic carbocycles. The molecule has 4 rings (SSSR count). The van der Waals surface area contributed by atoms with E-state index in [0.717, 1.165) is 18.7 Å². The molecule has 158 valence electrons. The highest BCUT2D eigenvalue weighted by molar-refractivity contribution is 7.15. The molecule has 0 radical (unpaired) electrons. The lowest BCUT2D eigenvalue weighted by Crippen LogP contribution is -2.33. The maximum atomic E-state index is 12.9. The number of aromatic nitrogens is 3. The highest BCUT2D eigenvalue weighted by atomic mass is 32.1. The van der Waals surface area contributed by atoms with Gasteiger partial charge in [0.05, 0.1) is 16.3 Å². The van der Waals surface area contributed by atoms with Crippen LogP contribution in [-0.4, -0.2) is 25.3 Å². The third-order valence-corrected chi connectivity index (χ3v) is 6.06. The zero-order valence-corrected chi connectivity index (χ0v) is 16.2. The maximum absolute atomic E-state index is 12.9. The molecule has 8 nitrogen and oxygen atoms in total. The third kappa shape index (κ3) is 3.76. The molecular weight excluding hydrogens is 421 g/mol. The number of benzene rings is 1. The first-order valence-electron chi connectivity index (χ1n) is 8.89. The summed E-state index contributed by atoms with van der Waals surface area (Å²) >= 11 is 1.25. The third-order valence-electron chi connectivity index (χ3n) is 4.83. The van der Waals surface area contributed by atoms with Crippen LogP contribution in [-0.2, 0) is 11.8 Å². The number of nitrogen functional groups attached to an aromatic ring is 1. The normalized spacial score (nSPS) is 15.5. The van der Waals surface area contributed by atoms with Crippen LogP contribution >= 0.6 is 11.3 Å². The number of halogens is 3. The molecule has 1 aliphatic rings. The fourth-order valence-electron chi connectivity index (χ4n) is 3.10. The van der Waals surface area contributed by atoms with E-state index in [0.29, 0.717) is 34.0 Å². The lowest BCUT2D eigenvalue weighted by molar-refractivity contribution is -0.141. The number of nitrogens with two attached hydrogens (primary N) is 1. The molecule has 1 fully saturated rings. The molecule has 0 bridgehead atoms. The van der Waals surface area contributed by atoms with Crippen LogP contribution in [0.5, 0.6) is 0 Å². The van der Waals surface area contributed by atoms with Crippen LogP contribution in [0, 0.1) is 0 Å². The van der Waals surface area contributed by atoms with E-state index in [9.17, 15) is 23.5 Å². The Morgan fingerprint density at radius 3 is 2.60 bits per heavy atom. The van der Waals surface area contributed by atoms with Gasteiger partial charge < -0.3 is 16.2 Å². The summed E-state index contributed by atoms with van der Waals surface area (Å²) in [6.07, 6.45) is 0.119. The Morgan fingerprint density at radius 1 is 1.20 bits per heavy atom. The Kier molecular flexibility index (Phi) is 5.00. The molecule has 1 saturated carbocycles. The number of rotatable bonds is 5. The minimum Gasteiger partial charge on any atom is -0.397 e. The topological polar surface area (TPSA) is 129 Å². The summed E-state index contributed by atoms with van der Waals surface area (Å²) in [5.74, 6) is -0.256. The maximum Gasteiger partial charge on any atom is 0.433 e. The number of aliphatic hydroxyl groups is 1. The summed E-state index contributed by atoms with van der Waals surface area (Å²) in [5, 5.41) is 23.3. The van der Waals surface area contributed by atoms with Crippen molar-refractivity contribution in [1.29, 1.82) is 0 Å². The molecule has 0 amide bonds. The summed E-state index contributed by atoms with van der Waals surface area (Å²) in [7, 11) is 0. The second-order valence-electron chi connectivity index (χ2n) is 6.90. The van der Waals surface area contributed by atoms with E-state index in [2.05, 4.69) is 20.3 Å². The Hall–Kier alpha value is -2.96. The van der Waals surface area contributed by atoms with Gasteiger partial charge in [-0.1, -0.05) is 0 Å². The number of hydrogen-bond acceptors (Lipinski definition) is 9. The van der Waals surface area contributed by atoms with Crippen LogP contribution in [0.1, 0.15) is 30.0 Å². The quantitative estimate of drug-likeness (QED) is 0.297. The van der Waals surface area contributed by atoms with Gasteiger partial charge in [0.25, 0.3) is 0 Å². The van der Waals surface area contributed by atoms with Crippen LogP contribution in [0.25, 0.3) is 10.4 Å². The lowest BCUT2D eigenvalue weighted by atomic mass is 9.81. The van der Waals surface area contributed by atoms with E-state index < -0.39 is 17.5 Å². The molecule has 6 N–H and O–H groups in total. The van der Waals surface area contributed by atoms with E-state index in [4.69, 9.17) is 5.73 Å². The fraction of sp³-hybridized carbons (Fsp3) is 0.278. The summed E-state index contributed by atoms with van der Waals surface area (Å²) in [4.78, 5) is 12.2. The minimum atomic E-state index is -4.60. The second kappa shape index (κ2) is 7.38. The van der Waals surface area contributed by atoms with Gasteiger partial charge in [-0.25, -0.2) is 15.0 Å². The van der Waals surface area contributed by atoms with E-state index in [1.807, 2.05) is 5.48 Å². The summed E-state index contributed by atoms with van der Waals surface area (Å²) in [5.41, 5.74) is 7.15. The second-order valence-corrected chi connectivity index (χ2v) is 7.93. The zero-order valence-electron chi connectivity index (χ0n) is 15.4. The van der Waals surface area contributed by atoms with E-state index in [1.54, 1.807) is 12.3 Å². The first-order chi connectivity index (χ1) is 14.2. The van der Waals surface area contributed by atoms with Gasteiger partial charge in [0, 0.05) is 23.6 Å². The van der Waals surface area contributed by atoms with E-state index >= 15 is 0 Å². The number of anilines is 4. The fourth-order valence-corrected chi connectivity index (χ4v) is 4.19. The van der Waals surface area contributed by atoms with Crippen LogP contribution in [0.15, 0.2) is 30.6 Å². The predicted molar refractivity (Wildman–Crippen MR) is 105 cm³/mol. The van der Waals surface area contributed by atoms with Gasteiger partial charge >= 0.3 is 6.18 Å². The SMILES string of the molecule is Nc1cc(Nc2nccc(C(F)(F)F)n2)cc(-c2cnc(C3(O)CCC3)s2)c1NO. The smallest absolute Gasteiger partial charge is 0.397 e. The van der Waals surface area contributed by atoms with E-state index in [1.165, 1.54) is 17.4 Å². The minimum absolute atomic E-state index is 0.141. The molecule has 0 aliphatic heterocycles. The van der Waals surface area contributed by atoms with E-state index in [-0.39, 0.29) is 17.3 Å². The number of nitrogens with zero attached hydrogens (tertiary/aromatic N) is 3. The standard InChI is InChI=1S/C18H17F3N6O2S/c19-18(20,21)13-2-5-23-16(26-13)25-9-6-10(14(27-29)11(22)7-9)12-8-24-15(30-12)17(28)3-1-4-17/h2,5-8,27-29H,1,3-4,22H2,(H,23,25,26). The van der Waals surface area contributed by atoms with Crippen molar-refractivity contribution in [3.63, 3.8) is 0 Å². The Balaban J connectivity index is 1.69. The van der Waals surface area contributed by atoms with Crippen LogP contribution in [0.4, 0.5) is 36.2 Å². The largest absolute Gasteiger partial charge is 0.433 e. The number of nitrogens with one attached hydrogen (secondary N) is 2. The molecule has 0 unspecified atom stereocenters. The number of hydrogen-bond donors (Lipinski definition) is 5. The summed E-state index contributed by atoms with van der Waals surface area (Å²) in [6.45, 7) is 0. The van der Waals surface area contributed by atoms with Crippen molar-refractivity contribution in [3.8, 4) is 10.4 Å². The summed E-state index contributed by atoms with van der Waals surface area (Å²) < 4.78 is 38.7. The molecule has 3 aromatic rings. The summed E-state index contributed by atoms with van der Waals surface area (Å²) in [6, 6.07) is 3.77. The van der Waals surface area contributed by atoms with Crippen molar-refractivity contribution in [3.05, 3.63) is 41.3 Å². The van der Waals surface area contributed by atoms with Crippen molar-refractivity contribution in [1.82, 2.24) is 15.0 Å². The predicted octanol–water partition coefficient (Wildman–Crippen LogP) is 4.12. The first kappa shape index (κ1) is 20.3. The number of thiazole rings is 1. The molecule has 2 aromatic heterocycles. The molecule has 30 heavy (non-hydrogen) atoms. The van der Waals surface area contributed by atoms with Crippen LogP contribution in [0.3, 0.4) is 0 Å². The molecule has 2 heterocycles. The van der Waals surface area contributed by atoms with Gasteiger partial charge in [-0.2, -0.15) is 13.2 Å². The highest BCUT2D eigenvalue weighted by Crippen LogP contribution is 2.46. The van der Waals surface area contributed by atoms with Crippen molar-refractivity contribution < 1.29 is 23.5 Å². The Labute approximate surface area is 172 Å². The molecule has 0 atom stereocenters. The van der Waals surface area contributed by atoms with Crippen molar-refractivity contribution in [2.45, 2.75) is 31.0 Å². The zero-order chi connectivity index (χ0) is 21.5. The molecular formula is C18H17F3N6O2S. The van der Waals surface area contributed by atoms with Gasteiger partial charge in [-0.3, -0.25) is 10.7 Å². The Bertz CT molecular complexity index is 1080.